The highest BCUT2D eigenvalue weighted by Crippen LogP contribution is 2.45. The maximum Gasteiger partial charge on any atom is 0.472 e. The number of aliphatic hydroxyl groups excluding tert-OH is 1. The van der Waals surface area contributed by atoms with Crippen LogP contribution in [-0.2, 0) is 65.4 Å². The summed E-state index contributed by atoms with van der Waals surface area (Å²) in [4.78, 5) is 72.3. The van der Waals surface area contributed by atoms with Crippen LogP contribution < -0.4 is 0 Å². The van der Waals surface area contributed by atoms with E-state index in [1.807, 2.05) is 0 Å². The second kappa shape index (κ2) is 59.7. The van der Waals surface area contributed by atoms with Gasteiger partial charge in [0.2, 0.25) is 0 Å². The molecule has 0 spiro atoms. The summed E-state index contributed by atoms with van der Waals surface area (Å²) in [6.07, 6.45) is 44.4. The monoisotopic (exact) mass is 1250 g/mol. The molecule has 0 aliphatic heterocycles. The number of esters is 4. The number of unbranched alkanes of at least 4 members (excludes halogenated alkanes) is 38. The Morgan fingerprint density at radius 1 is 0.318 bits per heavy atom. The normalized spacial score (nSPS) is 14.2. The van der Waals surface area contributed by atoms with E-state index in [-0.39, 0.29) is 25.7 Å². The molecule has 0 radical (unpaired) electrons. The number of rotatable bonds is 66. The maximum absolute atomic E-state index is 13.0. The lowest BCUT2D eigenvalue weighted by Gasteiger charge is -2.21. The predicted molar refractivity (Wildman–Crippen MR) is 340 cm³/mol. The van der Waals surface area contributed by atoms with Crippen LogP contribution in [0.25, 0.3) is 0 Å². The molecule has 0 aromatic carbocycles. The van der Waals surface area contributed by atoms with Crippen molar-refractivity contribution in [2.45, 2.75) is 355 Å². The van der Waals surface area contributed by atoms with Gasteiger partial charge in [-0.3, -0.25) is 37.3 Å². The average Bonchev–Trinajstić information content (AvgIpc) is 3.55. The molecule has 0 saturated heterocycles. The summed E-state index contributed by atoms with van der Waals surface area (Å²) in [5.74, 6) is -1.45. The first kappa shape index (κ1) is 83.1. The van der Waals surface area contributed by atoms with Gasteiger partial charge in [-0.25, -0.2) is 9.13 Å². The van der Waals surface area contributed by atoms with Gasteiger partial charge in [0.1, 0.15) is 19.3 Å². The van der Waals surface area contributed by atoms with E-state index in [1.165, 1.54) is 154 Å². The Balaban J connectivity index is 5.24. The minimum absolute atomic E-state index is 0.106. The van der Waals surface area contributed by atoms with Gasteiger partial charge in [-0.1, -0.05) is 285 Å². The van der Waals surface area contributed by atoms with E-state index >= 15 is 0 Å². The number of carbonyl (C=O) groups is 4. The summed E-state index contributed by atoms with van der Waals surface area (Å²) in [6.45, 7) is 7.13. The first-order valence-electron chi connectivity index (χ1n) is 34.6. The fraction of sp³-hybridized carbons (Fsp3) is 0.939. The van der Waals surface area contributed by atoms with Crippen LogP contribution in [-0.4, -0.2) is 96.7 Å². The molecule has 17 nitrogen and oxygen atoms in total. The van der Waals surface area contributed by atoms with Crippen molar-refractivity contribution >= 4 is 39.5 Å². The van der Waals surface area contributed by atoms with Gasteiger partial charge in [-0.15, -0.1) is 0 Å². The molecule has 0 bridgehead atoms. The molecule has 0 aliphatic carbocycles. The van der Waals surface area contributed by atoms with E-state index in [2.05, 4.69) is 34.6 Å². The zero-order valence-corrected chi connectivity index (χ0v) is 56.5. The Hall–Kier alpha value is -1.94. The number of phosphoric acid groups is 2. The Morgan fingerprint density at radius 2 is 0.541 bits per heavy atom. The number of carbonyl (C=O) groups excluding carboxylic acids is 4. The van der Waals surface area contributed by atoms with Crippen molar-refractivity contribution in [2.24, 2.45) is 5.92 Å². The topological polar surface area (TPSA) is 237 Å². The van der Waals surface area contributed by atoms with Crippen molar-refractivity contribution in [3.63, 3.8) is 0 Å². The standard InChI is InChI=1S/C66H128O17P2/c1-6-9-12-15-18-21-24-27-30-33-39-44-49-63(68)76-55-61(82-65(70)51-46-41-34-31-28-25-22-19-16-13-10-7-2)57-80-84(72,73)78-53-60(67)54-79-85(74,75)81-58-62(56-77-64(69)50-45-40-37-36-38-43-48-59(4)5)83-66(71)52-47-42-35-32-29-26-23-20-17-14-11-8-3/h59-62,67H,6-58H2,1-5H3,(H,72,73)(H,74,75)/t60-,61-,62-/m1/s1. The molecule has 0 aliphatic rings. The number of hydrogen-bond donors (Lipinski definition) is 3. The smallest absolute Gasteiger partial charge is 0.462 e. The van der Waals surface area contributed by atoms with Crippen LogP contribution in [0, 0.1) is 5.92 Å². The number of phosphoric ester groups is 2. The molecule has 0 amide bonds. The van der Waals surface area contributed by atoms with Gasteiger partial charge in [0.05, 0.1) is 26.4 Å². The molecule has 2 unspecified atom stereocenters. The van der Waals surface area contributed by atoms with Crippen LogP contribution >= 0.6 is 15.6 Å². The van der Waals surface area contributed by atoms with Gasteiger partial charge in [0.15, 0.2) is 12.2 Å². The van der Waals surface area contributed by atoms with Crippen molar-refractivity contribution in [3.8, 4) is 0 Å². The SMILES string of the molecule is CCCCCCCCCCCCCCC(=O)OC[C@H](COP(=O)(O)OC[C@@H](O)COP(=O)(O)OC[C@@H](COC(=O)CCCCCCCCC(C)C)OC(=O)CCCCCCCCCCCCCC)OC(=O)CCCCCCCCCCCCCC. The van der Waals surface area contributed by atoms with E-state index < -0.39 is 97.5 Å². The molecule has 5 atom stereocenters. The zero-order chi connectivity index (χ0) is 62.8. The predicted octanol–water partition coefficient (Wildman–Crippen LogP) is 18.6. The summed E-state index contributed by atoms with van der Waals surface area (Å²) < 4.78 is 68.1. The summed E-state index contributed by atoms with van der Waals surface area (Å²) in [7, 11) is -9.89. The molecule has 0 rings (SSSR count). The lowest BCUT2D eigenvalue weighted by molar-refractivity contribution is -0.161. The molecular formula is C66H128O17P2. The first-order valence-corrected chi connectivity index (χ1v) is 37.6. The average molecular weight is 1260 g/mol. The van der Waals surface area contributed by atoms with Gasteiger partial charge in [0, 0.05) is 25.7 Å². The Kier molecular flexibility index (Phi) is 58.3. The van der Waals surface area contributed by atoms with Gasteiger partial charge < -0.3 is 33.8 Å². The summed E-state index contributed by atoms with van der Waals surface area (Å²) >= 11 is 0. The fourth-order valence-electron chi connectivity index (χ4n) is 9.94. The zero-order valence-electron chi connectivity index (χ0n) is 54.7. The molecule has 19 heteroatoms. The maximum atomic E-state index is 13.0. The third-order valence-corrected chi connectivity index (χ3v) is 17.2. The van der Waals surface area contributed by atoms with Crippen LogP contribution in [0.2, 0.25) is 0 Å². The molecule has 0 aromatic heterocycles. The molecular weight excluding hydrogens is 1130 g/mol. The van der Waals surface area contributed by atoms with Gasteiger partial charge in [0.25, 0.3) is 0 Å². The van der Waals surface area contributed by atoms with Crippen molar-refractivity contribution in [3.05, 3.63) is 0 Å². The Labute approximate surface area is 517 Å². The first-order chi connectivity index (χ1) is 41.0. The molecule has 0 fully saturated rings. The molecule has 3 N–H and O–H groups in total. The highest BCUT2D eigenvalue weighted by molar-refractivity contribution is 7.47. The second-order valence-electron chi connectivity index (χ2n) is 24.3. The molecule has 85 heavy (non-hydrogen) atoms. The van der Waals surface area contributed by atoms with Crippen molar-refractivity contribution < 1.29 is 80.2 Å². The highest BCUT2D eigenvalue weighted by atomic mass is 31.2. The third kappa shape index (κ3) is 60.7. The minimum Gasteiger partial charge on any atom is -0.462 e. The Morgan fingerprint density at radius 3 is 0.800 bits per heavy atom. The van der Waals surface area contributed by atoms with Crippen LogP contribution in [0.1, 0.15) is 336 Å². The van der Waals surface area contributed by atoms with E-state index in [1.54, 1.807) is 0 Å². The van der Waals surface area contributed by atoms with Crippen molar-refractivity contribution in [2.75, 3.05) is 39.6 Å². The minimum atomic E-state index is -4.94. The van der Waals surface area contributed by atoms with Gasteiger partial charge in [-0.05, 0) is 31.6 Å². The summed E-state index contributed by atoms with van der Waals surface area (Å²) in [5.41, 5.74) is 0. The van der Waals surface area contributed by atoms with Crippen LogP contribution in [0.15, 0.2) is 0 Å². The summed E-state index contributed by atoms with van der Waals surface area (Å²) in [6, 6.07) is 0. The van der Waals surface area contributed by atoms with Crippen molar-refractivity contribution in [1.82, 2.24) is 0 Å². The van der Waals surface area contributed by atoms with E-state index in [0.29, 0.717) is 31.6 Å². The van der Waals surface area contributed by atoms with E-state index in [0.717, 1.165) is 96.3 Å². The Bertz CT molecular complexity index is 1650. The fourth-order valence-corrected chi connectivity index (χ4v) is 11.5. The van der Waals surface area contributed by atoms with E-state index in [4.69, 9.17) is 37.0 Å². The number of ether oxygens (including phenoxy) is 4. The molecule has 0 heterocycles. The molecule has 0 saturated carbocycles. The molecule has 504 valence electrons. The third-order valence-electron chi connectivity index (χ3n) is 15.3. The van der Waals surface area contributed by atoms with Gasteiger partial charge >= 0.3 is 39.5 Å². The largest absolute Gasteiger partial charge is 0.472 e. The van der Waals surface area contributed by atoms with E-state index in [9.17, 15) is 43.2 Å². The quantitative estimate of drug-likeness (QED) is 0.0222. The summed E-state index contributed by atoms with van der Waals surface area (Å²) in [5, 5.41) is 10.5. The van der Waals surface area contributed by atoms with Gasteiger partial charge in [-0.2, -0.15) is 0 Å². The van der Waals surface area contributed by atoms with Crippen molar-refractivity contribution in [1.29, 1.82) is 0 Å². The molecule has 0 aromatic rings. The van der Waals surface area contributed by atoms with Crippen LogP contribution in [0.3, 0.4) is 0 Å². The number of hydrogen-bond acceptors (Lipinski definition) is 15. The lowest BCUT2D eigenvalue weighted by Crippen LogP contribution is -2.30. The lowest BCUT2D eigenvalue weighted by atomic mass is 10.0. The number of aliphatic hydroxyl groups is 1. The second-order valence-corrected chi connectivity index (χ2v) is 27.2. The van der Waals surface area contributed by atoms with Crippen LogP contribution in [0.4, 0.5) is 0 Å². The van der Waals surface area contributed by atoms with Crippen LogP contribution in [0.5, 0.6) is 0 Å². The highest BCUT2D eigenvalue weighted by Gasteiger charge is 2.30.